The molecule has 0 aromatic heterocycles. The smallest absolute Gasteiger partial charge is 0.249 e. The van der Waals surface area contributed by atoms with Gasteiger partial charge in [-0.05, 0) is 65.2 Å². The molecule has 0 amide bonds. The van der Waals surface area contributed by atoms with Crippen LogP contribution in [0.5, 0.6) is 0 Å². The van der Waals surface area contributed by atoms with Crippen molar-refractivity contribution in [1.29, 1.82) is 0 Å². The minimum absolute atomic E-state index is 0.0219. The topological polar surface area (TPSA) is 6.25 Å². The lowest BCUT2D eigenvalue weighted by Gasteiger charge is -2.45. The number of nitrogens with zero attached hydrogens (tertiary/aromatic N) is 2. The first-order chi connectivity index (χ1) is 14.3. The largest absolute Gasteiger partial charge is 0.256 e. The van der Waals surface area contributed by atoms with Gasteiger partial charge in [-0.3, -0.25) is 0 Å². The Bertz CT molecular complexity index is 1060. The predicted octanol–water partition coefficient (Wildman–Crippen LogP) is 6.87. The maximum absolute atomic E-state index is 2.77. The monoisotopic (exact) mass is 417 g/mol. The molecule has 2 aromatic carbocycles. The van der Waals surface area contributed by atoms with Crippen molar-refractivity contribution in [3.05, 3.63) is 64.2 Å². The first kappa shape index (κ1) is 22.1. The molecule has 0 fully saturated rings. The van der Waals surface area contributed by atoms with E-state index in [0.29, 0.717) is 12.0 Å². The summed E-state index contributed by atoms with van der Waals surface area (Å²) in [5.74, 6) is 1.88. The number of aryl methyl sites for hydroxylation is 3. The van der Waals surface area contributed by atoms with Crippen LogP contribution in [0, 0.1) is 26.7 Å². The Kier molecular flexibility index (Phi) is 4.78. The van der Waals surface area contributed by atoms with Crippen LogP contribution in [0.1, 0.15) is 83.2 Å². The Morgan fingerprint density at radius 3 is 1.81 bits per heavy atom. The highest BCUT2D eigenvalue weighted by atomic mass is 15.4. The van der Waals surface area contributed by atoms with Gasteiger partial charge >= 0.3 is 0 Å². The van der Waals surface area contributed by atoms with Crippen LogP contribution < -0.4 is 4.90 Å². The number of fused-ring (bicyclic) bond motifs is 3. The zero-order valence-corrected chi connectivity index (χ0v) is 21.5. The zero-order valence-electron chi connectivity index (χ0n) is 21.5. The van der Waals surface area contributed by atoms with Gasteiger partial charge in [-0.1, -0.05) is 69.7 Å². The molecule has 0 spiro atoms. The lowest BCUT2D eigenvalue weighted by Crippen LogP contribution is -2.63. The highest BCUT2D eigenvalue weighted by Gasteiger charge is 2.77. The van der Waals surface area contributed by atoms with E-state index in [0.717, 1.165) is 0 Å². The third-order valence-electron chi connectivity index (χ3n) is 8.59. The molecule has 166 valence electrons. The number of amidine groups is 1. The number of benzene rings is 2. The van der Waals surface area contributed by atoms with Crippen LogP contribution in [0.4, 0.5) is 5.69 Å². The van der Waals surface area contributed by atoms with E-state index in [-0.39, 0.29) is 16.5 Å². The molecule has 1 heterocycles. The second kappa shape index (κ2) is 6.70. The average molecular weight is 418 g/mol. The fourth-order valence-electron chi connectivity index (χ4n) is 7.19. The molecule has 1 aliphatic carbocycles. The van der Waals surface area contributed by atoms with Crippen molar-refractivity contribution in [1.82, 2.24) is 0 Å². The molecule has 0 saturated heterocycles. The zero-order chi connectivity index (χ0) is 23.1. The van der Waals surface area contributed by atoms with E-state index in [2.05, 4.69) is 122 Å². The van der Waals surface area contributed by atoms with E-state index < -0.39 is 0 Å². The van der Waals surface area contributed by atoms with Crippen LogP contribution in [0.2, 0.25) is 0 Å². The lowest BCUT2D eigenvalue weighted by molar-refractivity contribution is -0.640. The molecule has 0 saturated carbocycles. The first-order valence-corrected chi connectivity index (χ1v) is 12.0. The molecule has 0 N–H and O–H groups in total. The summed E-state index contributed by atoms with van der Waals surface area (Å²) in [6, 6.07) is 14.3. The van der Waals surface area contributed by atoms with Gasteiger partial charge in [0.15, 0.2) is 11.1 Å². The summed E-state index contributed by atoms with van der Waals surface area (Å²) >= 11 is 0. The summed E-state index contributed by atoms with van der Waals surface area (Å²) in [4.78, 5) is 2.77. The molecule has 2 aliphatic rings. The summed E-state index contributed by atoms with van der Waals surface area (Å²) in [5, 5.41) is 0. The predicted molar refractivity (Wildman–Crippen MR) is 134 cm³/mol. The molecule has 2 aromatic rings. The van der Waals surface area contributed by atoms with Crippen molar-refractivity contribution < 1.29 is 4.58 Å². The van der Waals surface area contributed by atoms with Gasteiger partial charge in [0.05, 0.1) is 12.0 Å². The molecular formula is C29H41N2+. The molecule has 2 atom stereocenters. The van der Waals surface area contributed by atoms with Gasteiger partial charge in [0.25, 0.3) is 5.84 Å². The lowest BCUT2D eigenvalue weighted by atomic mass is 9.66. The number of hydrogen-bond acceptors (Lipinski definition) is 1. The third-order valence-corrected chi connectivity index (χ3v) is 8.59. The first-order valence-electron chi connectivity index (χ1n) is 12.0. The van der Waals surface area contributed by atoms with Crippen molar-refractivity contribution in [3.8, 4) is 0 Å². The minimum Gasteiger partial charge on any atom is -0.249 e. The molecule has 0 radical (unpaired) electrons. The van der Waals surface area contributed by atoms with Crippen LogP contribution in [0.3, 0.4) is 0 Å². The Morgan fingerprint density at radius 2 is 1.32 bits per heavy atom. The van der Waals surface area contributed by atoms with Gasteiger partial charge in [-0.2, -0.15) is 0 Å². The van der Waals surface area contributed by atoms with Crippen LogP contribution in [-0.2, 0) is 11.0 Å². The molecule has 0 unspecified atom stereocenters. The summed E-state index contributed by atoms with van der Waals surface area (Å²) < 4.78 is 2.75. The quantitative estimate of drug-likeness (QED) is 0.494. The fraction of sp³-hybridized carbons (Fsp3) is 0.552. The van der Waals surface area contributed by atoms with Gasteiger partial charge in [0, 0.05) is 11.0 Å². The third kappa shape index (κ3) is 2.48. The summed E-state index contributed by atoms with van der Waals surface area (Å²) in [6.45, 7) is 26.2. The summed E-state index contributed by atoms with van der Waals surface area (Å²) in [5.41, 5.74) is 8.18. The van der Waals surface area contributed by atoms with E-state index in [1.165, 1.54) is 39.3 Å². The van der Waals surface area contributed by atoms with Crippen molar-refractivity contribution in [2.24, 2.45) is 5.92 Å². The number of hydrogen-bond donors (Lipinski definition) is 0. The van der Waals surface area contributed by atoms with Crippen molar-refractivity contribution in [2.75, 3.05) is 4.90 Å². The van der Waals surface area contributed by atoms with Crippen molar-refractivity contribution in [2.45, 2.75) is 98.7 Å². The van der Waals surface area contributed by atoms with E-state index in [9.17, 15) is 0 Å². The van der Waals surface area contributed by atoms with E-state index in [4.69, 9.17) is 0 Å². The maximum atomic E-state index is 2.77. The molecule has 4 rings (SSSR count). The van der Waals surface area contributed by atoms with Crippen molar-refractivity contribution in [3.63, 3.8) is 0 Å². The van der Waals surface area contributed by atoms with Gasteiger partial charge in [-0.25, -0.2) is 9.48 Å². The second-order valence-electron chi connectivity index (χ2n) is 11.4. The summed E-state index contributed by atoms with van der Waals surface area (Å²) in [7, 11) is 0. The van der Waals surface area contributed by atoms with Crippen LogP contribution in [-0.4, -0.2) is 22.0 Å². The van der Waals surface area contributed by atoms with Crippen LogP contribution in [0.15, 0.2) is 36.4 Å². The Morgan fingerprint density at radius 1 is 0.806 bits per heavy atom. The van der Waals surface area contributed by atoms with Crippen LogP contribution in [0.25, 0.3) is 0 Å². The second-order valence-corrected chi connectivity index (χ2v) is 11.4. The van der Waals surface area contributed by atoms with Gasteiger partial charge in [0.1, 0.15) is 5.69 Å². The van der Waals surface area contributed by atoms with Gasteiger partial charge < -0.3 is 0 Å². The Balaban J connectivity index is 2.20. The molecular weight excluding hydrogens is 376 g/mol. The SMILES string of the molecule is Cc1cc(C)c(N2C(C(C)C)=[N+](C(C)C)[C@@]3(C)c4ccccc4C(C)(C)[C@@]23C)c(C)c1. The van der Waals surface area contributed by atoms with Crippen LogP contribution >= 0.6 is 0 Å². The number of anilines is 1. The molecule has 0 bridgehead atoms. The van der Waals surface area contributed by atoms with E-state index in [1.54, 1.807) is 0 Å². The van der Waals surface area contributed by atoms with E-state index in [1.807, 2.05) is 0 Å². The fourth-order valence-corrected chi connectivity index (χ4v) is 7.19. The Labute approximate surface area is 190 Å². The van der Waals surface area contributed by atoms with Gasteiger partial charge in [-0.15, -0.1) is 0 Å². The Hall–Kier alpha value is -2.09. The highest BCUT2D eigenvalue weighted by molar-refractivity contribution is 6.01. The minimum atomic E-state index is -0.127. The standard InChI is InChI=1S/C29H41N2/c1-18(2)26-30(19(3)4)28(10)24-15-13-12-14-23(24)27(8,9)29(28,11)31(26)25-21(6)16-20(5)17-22(25)7/h12-19H,1-11H3/q+1/t28-,29+/m0/s1. The molecule has 1 aliphatic heterocycles. The summed E-state index contributed by atoms with van der Waals surface area (Å²) in [6.07, 6.45) is 0. The highest BCUT2D eigenvalue weighted by Crippen LogP contribution is 2.63. The maximum Gasteiger partial charge on any atom is 0.256 e. The molecule has 31 heavy (non-hydrogen) atoms. The van der Waals surface area contributed by atoms with Crippen molar-refractivity contribution >= 4 is 11.5 Å². The molecule has 2 heteroatoms. The van der Waals surface area contributed by atoms with Gasteiger partial charge in [0.2, 0.25) is 0 Å². The van der Waals surface area contributed by atoms with E-state index >= 15 is 0 Å². The normalized spacial score (nSPS) is 26.8. The number of rotatable bonds is 3. The molecule has 2 nitrogen and oxygen atoms in total. The average Bonchev–Trinajstić information content (AvgIpc) is 2.95.